The van der Waals surface area contributed by atoms with Crippen LogP contribution in [0.25, 0.3) is 0 Å². The predicted octanol–water partition coefficient (Wildman–Crippen LogP) is 1.34. The van der Waals surface area contributed by atoms with E-state index >= 15 is 0 Å². The van der Waals surface area contributed by atoms with E-state index in [1.807, 2.05) is 24.3 Å². The van der Waals surface area contributed by atoms with Crippen LogP contribution in [0.15, 0.2) is 24.3 Å². The summed E-state index contributed by atoms with van der Waals surface area (Å²) in [5.74, 6) is -1.46. The quantitative estimate of drug-likeness (QED) is 0.877. The van der Waals surface area contributed by atoms with Crippen molar-refractivity contribution in [1.29, 1.82) is 0 Å². The Bertz CT molecular complexity index is 643. The molecule has 1 fully saturated rings. The minimum absolute atomic E-state index is 0.00984. The number of carbonyl (C=O) groups is 3. The molecule has 1 aliphatic heterocycles. The Balaban J connectivity index is 1.62. The molecule has 1 aromatic carbocycles. The van der Waals surface area contributed by atoms with Crippen molar-refractivity contribution in [3.63, 3.8) is 0 Å². The van der Waals surface area contributed by atoms with Crippen LogP contribution in [0.2, 0.25) is 0 Å². The molecule has 122 valence electrons. The Morgan fingerprint density at radius 2 is 2.00 bits per heavy atom. The highest BCUT2D eigenvalue weighted by Gasteiger charge is 2.31. The molecule has 1 aromatic rings. The van der Waals surface area contributed by atoms with E-state index in [-0.39, 0.29) is 30.3 Å². The van der Waals surface area contributed by atoms with Gasteiger partial charge in [0.1, 0.15) is 6.54 Å². The van der Waals surface area contributed by atoms with Gasteiger partial charge in [-0.15, -0.1) is 0 Å². The highest BCUT2D eigenvalue weighted by atomic mass is 16.4. The Morgan fingerprint density at radius 3 is 2.74 bits per heavy atom. The molecule has 2 N–H and O–H groups in total. The van der Waals surface area contributed by atoms with Crippen molar-refractivity contribution >= 4 is 23.5 Å². The normalized spacial score (nSPS) is 23.5. The van der Waals surface area contributed by atoms with Gasteiger partial charge in [0, 0.05) is 18.2 Å². The summed E-state index contributed by atoms with van der Waals surface area (Å²) in [6, 6.07) is 7.50. The molecule has 1 heterocycles. The van der Waals surface area contributed by atoms with Gasteiger partial charge in [0.25, 0.3) is 0 Å². The molecule has 1 saturated carbocycles. The monoisotopic (exact) mass is 316 g/mol. The maximum atomic E-state index is 12.2. The smallest absolute Gasteiger partial charge is 0.306 e. The minimum atomic E-state index is -0.804. The fraction of sp³-hybridized carbons (Fsp3) is 0.471. The molecule has 0 aromatic heterocycles. The average Bonchev–Trinajstić information content (AvgIpc) is 2.99. The number of carboxylic acids is 1. The van der Waals surface area contributed by atoms with Gasteiger partial charge in [-0.1, -0.05) is 18.2 Å². The van der Waals surface area contributed by atoms with Crippen molar-refractivity contribution in [3.8, 4) is 0 Å². The van der Waals surface area contributed by atoms with Crippen molar-refractivity contribution in [2.45, 2.75) is 38.1 Å². The molecule has 1 aliphatic carbocycles. The van der Waals surface area contributed by atoms with Gasteiger partial charge >= 0.3 is 5.97 Å². The van der Waals surface area contributed by atoms with E-state index in [0.29, 0.717) is 32.1 Å². The Morgan fingerprint density at radius 1 is 1.22 bits per heavy atom. The third-order valence-corrected chi connectivity index (χ3v) is 4.64. The lowest BCUT2D eigenvalue weighted by Crippen LogP contribution is -2.45. The van der Waals surface area contributed by atoms with Gasteiger partial charge in [0.15, 0.2) is 0 Å². The van der Waals surface area contributed by atoms with E-state index in [0.717, 1.165) is 11.3 Å². The third kappa shape index (κ3) is 3.36. The van der Waals surface area contributed by atoms with E-state index in [1.165, 1.54) is 4.90 Å². The zero-order valence-electron chi connectivity index (χ0n) is 12.8. The fourth-order valence-electron chi connectivity index (χ4n) is 3.42. The number of rotatable bonds is 4. The standard InChI is InChI=1S/C17H20N2O4/c20-15(18-13-7-5-12(9-13)17(22)23)10-19-14-4-2-1-3-11(14)6-8-16(19)21/h1-4,12-13H,5-10H2,(H,18,20)(H,22,23)/t12-,13+/m0/s1. The van der Waals surface area contributed by atoms with E-state index in [4.69, 9.17) is 5.11 Å². The van der Waals surface area contributed by atoms with Crippen molar-refractivity contribution < 1.29 is 19.5 Å². The van der Waals surface area contributed by atoms with E-state index in [9.17, 15) is 14.4 Å². The molecule has 3 rings (SSSR count). The van der Waals surface area contributed by atoms with Crippen LogP contribution in [0.4, 0.5) is 5.69 Å². The number of nitrogens with zero attached hydrogens (tertiary/aromatic N) is 1. The van der Waals surface area contributed by atoms with E-state index in [1.54, 1.807) is 0 Å². The number of aliphatic carboxylic acids is 1. The number of aryl methyl sites for hydroxylation is 1. The van der Waals surface area contributed by atoms with Crippen molar-refractivity contribution in [1.82, 2.24) is 5.32 Å². The third-order valence-electron chi connectivity index (χ3n) is 4.64. The van der Waals surface area contributed by atoms with Gasteiger partial charge in [-0.3, -0.25) is 14.4 Å². The van der Waals surface area contributed by atoms with Crippen LogP contribution in [0.3, 0.4) is 0 Å². The lowest BCUT2D eigenvalue weighted by molar-refractivity contribution is -0.141. The summed E-state index contributed by atoms with van der Waals surface area (Å²) in [5.41, 5.74) is 1.88. The summed E-state index contributed by atoms with van der Waals surface area (Å²) >= 11 is 0. The van der Waals surface area contributed by atoms with Gasteiger partial charge in [0.05, 0.1) is 5.92 Å². The molecule has 2 aliphatic rings. The summed E-state index contributed by atoms with van der Waals surface area (Å²) in [7, 11) is 0. The van der Waals surface area contributed by atoms with Crippen LogP contribution < -0.4 is 10.2 Å². The molecule has 6 nitrogen and oxygen atoms in total. The second-order valence-electron chi connectivity index (χ2n) is 6.22. The summed E-state index contributed by atoms with van der Waals surface area (Å²) in [5, 5.41) is 11.9. The van der Waals surface area contributed by atoms with Gasteiger partial charge in [-0.25, -0.2) is 0 Å². The molecule has 0 bridgehead atoms. The van der Waals surface area contributed by atoms with Crippen molar-refractivity contribution in [2.24, 2.45) is 5.92 Å². The minimum Gasteiger partial charge on any atom is -0.481 e. The SMILES string of the molecule is O=C(CN1C(=O)CCc2ccccc21)N[C@@H]1CC[C@H](C(=O)O)C1. The molecular formula is C17H20N2O4. The predicted molar refractivity (Wildman–Crippen MR) is 84.0 cm³/mol. The molecule has 0 radical (unpaired) electrons. The first-order valence-electron chi connectivity index (χ1n) is 7.95. The zero-order valence-corrected chi connectivity index (χ0v) is 12.8. The number of carbonyl (C=O) groups excluding carboxylic acids is 2. The molecular weight excluding hydrogens is 296 g/mol. The Kier molecular flexibility index (Phi) is 4.32. The Labute approximate surface area is 134 Å². The summed E-state index contributed by atoms with van der Waals surface area (Å²) < 4.78 is 0. The number of amides is 2. The largest absolute Gasteiger partial charge is 0.481 e. The van der Waals surface area contributed by atoms with E-state index in [2.05, 4.69) is 5.32 Å². The summed E-state index contributed by atoms with van der Waals surface area (Å²) in [4.78, 5) is 36.9. The second-order valence-corrected chi connectivity index (χ2v) is 6.22. The number of anilines is 1. The molecule has 0 unspecified atom stereocenters. The second kappa shape index (κ2) is 6.40. The topological polar surface area (TPSA) is 86.7 Å². The first kappa shape index (κ1) is 15.5. The maximum absolute atomic E-state index is 12.2. The molecule has 23 heavy (non-hydrogen) atoms. The average molecular weight is 316 g/mol. The number of nitrogens with one attached hydrogen (secondary N) is 1. The molecule has 0 spiro atoms. The molecule has 6 heteroatoms. The summed E-state index contributed by atoms with van der Waals surface area (Å²) in [6.07, 6.45) is 2.84. The van der Waals surface area contributed by atoms with Gasteiger partial charge < -0.3 is 15.3 Å². The molecule has 2 amide bonds. The van der Waals surface area contributed by atoms with Crippen LogP contribution in [0, 0.1) is 5.92 Å². The molecule has 2 atom stereocenters. The van der Waals surface area contributed by atoms with Crippen LogP contribution in [0.1, 0.15) is 31.2 Å². The fourth-order valence-corrected chi connectivity index (χ4v) is 3.42. The zero-order chi connectivity index (χ0) is 16.4. The number of hydrogen-bond acceptors (Lipinski definition) is 3. The molecule has 0 saturated heterocycles. The van der Waals surface area contributed by atoms with Crippen LogP contribution in [-0.4, -0.2) is 35.5 Å². The van der Waals surface area contributed by atoms with Crippen molar-refractivity contribution in [3.05, 3.63) is 29.8 Å². The Hall–Kier alpha value is -2.37. The lowest BCUT2D eigenvalue weighted by Gasteiger charge is -2.29. The number of benzene rings is 1. The van der Waals surface area contributed by atoms with Crippen LogP contribution in [0.5, 0.6) is 0 Å². The summed E-state index contributed by atoms with van der Waals surface area (Å²) in [6.45, 7) is -0.00984. The van der Waals surface area contributed by atoms with Gasteiger partial charge in [-0.05, 0) is 37.3 Å². The first-order valence-corrected chi connectivity index (χ1v) is 7.95. The maximum Gasteiger partial charge on any atom is 0.306 e. The first-order chi connectivity index (χ1) is 11.0. The number of fused-ring (bicyclic) bond motifs is 1. The number of para-hydroxylation sites is 1. The highest BCUT2D eigenvalue weighted by Crippen LogP contribution is 2.28. The lowest BCUT2D eigenvalue weighted by atomic mass is 10.0. The van der Waals surface area contributed by atoms with Crippen molar-refractivity contribution in [2.75, 3.05) is 11.4 Å². The number of carboxylic acid groups (broad SMARTS) is 1. The van der Waals surface area contributed by atoms with Gasteiger partial charge in [-0.2, -0.15) is 0 Å². The van der Waals surface area contributed by atoms with Crippen LogP contribution >= 0.6 is 0 Å². The van der Waals surface area contributed by atoms with E-state index < -0.39 is 5.97 Å². The van der Waals surface area contributed by atoms with Gasteiger partial charge in [0.2, 0.25) is 11.8 Å². The highest BCUT2D eigenvalue weighted by molar-refractivity contribution is 6.01. The van der Waals surface area contributed by atoms with Crippen LogP contribution in [-0.2, 0) is 20.8 Å². The number of hydrogen-bond donors (Lipinski definition) is 2.